The third-order valence-corrected chi connectivity index (χ3v) is 3.68. The Morgan fingerprint density at radius 1 is 1.78 bits per heavy atom. The Bertz CT molecular complexity index is 510. The fraction of sp³-hybridized carbons (Fsp3) is 0.500. The highest BCUT2D eigenvalue weighted by Crippen LogP contribution is 2.32. The van der Waals surface area contributed by atoms with Crippen molar-refractivity contribution in [2.45, 2.75) is 11.7 Å². The van der Waals surface area contributed by atoms with E-state index in [0.29, 0.717) is 5.75 Å². The normalized spacial score (nSPS) is 24.2. The molecular weight excluding hydrogens is 281 g/mol. The molecule has 1 fully saturated rings. The summed E-state index contributed by atoms with van der Waals surface area (Å²) < 4.78 is 21.8. The van der Waals surface area contributed by atoms with Gasteiger partial charge in [-0.15, -0.1) is 21.2 Å². The Morgan fingerprint density at radius 2 is 2.56 bits per heavy atom. The second kappa shape index (κ2) is 5.77. The molecule has 1 aliphatic heterocycles. The van der Waals surface area contributed by atoms with Crippen LogP contribution in [0.4, 0.5) is 5.82 Å². The van der Waals surface area contributed by atoms with Crippen molar-refractivity contribution in [3.63, 3.8) is 0 Å². The summed E-state index contributed by atoms with van der Waals surface area (Å²) in [6, 6.07) is 1.50. The Morgan fingerprint density at radius 3 is 3.22 bits per heavy atom. The third-order valence-electron chi connectivity index (χ3n) is 2.22. The highest BCUT2D eigenvalue weighted by molar-refractivity contribution is 8.00. The van der Waals surface area contributed by atoms with Crippen LogP contribution in [0.2, 0.25) is 0 Å². The van der Waals surface area contributed by atoms with Gasteiger partial charge in [-0.1, -0.05) is 0 Å². The van der Waals surface area contributed by atoms with Gasteiger partial charge in [0, 0.05) is 16.5 Å². The van der Waals surface area contributed by atoms with Crippen molar-refractivity contribution in [3.05, 3.63) is 22.7 Å². The van der Waals surface area contributed by atoms with Crippen LogP contribution in [-0.4, -0.2) is 32.2 Å². The molecule has 0 saturated carbocycles. The van der Waals surface area contributed by atoms with Crippen LogP contribution in [0.25, 0.3) is 0 Å². The fourth-order valence-corrected chi connectivity index (χ4v) is 2.80. The van der Waals surface area contributed by atoms with E-state index < -0.39 is 20.2 Å². The lowest BCUT2D eigenvalue weighted by Crippen LogP contribution is -2.28. The van der Waals surface area contributed by atoms with Gasteiger partial charge in [-0.3, -0.25) is 4.57 Å². The minimum atomic E-state index is -2.64. The van der Waals surface area contributed by atoms with Gasteiger partial charge in [0.25, 0.3) is 0 Å². The molecule has 18 heavy (non-hydrogen) atoms. The summed E-state index contributed by atoms with van der Waals surface area (Å²) in [4.78, 5) is 23.7. The summed E-state index contributed by atoms with van der Waals surface area (Å²) in [5.41, 5.74) is 4.51. The molecule has 1 saturated heterocycles. The molecule has 1 aromatic heterocycles. The van der Waals surface area contributed by atoms with Gasteiger partial charge in [0.1, 0.15) is 24.1 Å². The number of anilines is 1. The van der Waals surface area contributed by atoms with Crippen LogP contribution in [0.1, 0.15) is 6.23 Å². The summed E-state index contributed by atoms with van der Waals surface area (Å²) >= 11 is 1.39. The standard InChI is InChI=1S/C8H10N3O5PS/c9-5-1-2-11(8(12)10-5)6-4-18-7(16-6)3-15-17(13)14/h1-2,6-7H,3-4H2,(H2-,9,10,12,13,14)/p+1/t6-,7?/m0/s1. The fourth-order valence-electron chi connectivity index (χ4n) is 1.45. The molecule has 1 aliphatic rings. The first kappa shape index (κ1) is 13.4. The van der Waals surface area contributed by atoms with Crippen molar-refractivity contribution in [3.8, 4) is 0 Å². The molecule has 3 atom stereocenters. The SMILES string of the molecule is Nc1ccn([C@@H]2CSC(CO[P+](=O)O)O2)c(=O)n1. The molecule has 0 radical (unpaired) electrons. The molecule has 2 heterocycles. The number of rotatable bonds is 4. The molecule has 0 aliphatic carbocycles. The number of thioether (sulfide) groups is 1. The monoisotopic (exact) mass is 292 g/mol. The summed E-state index contributed by atoms with van der Waals surface area (Å²) in [7, 11) is -2.64. The van der Waals surface area contributed by atoms with Gasteiger partial charge < -0.3 is 10.5 Å². The van der Waals surface area contributed by atoms with E-state index >= 15 is 0 Å². The van der Waals surface area contributed by atoms with Gasteiger partial charge in [0.05, 0.1) is 0 Å². The number of nitrogens with zero attached hydrogens (tertiary/aromatic N) is 2. The first-order chi connectivity index (χ1) is 8.56. The number of nitrogen functional groups attached to an aromatic ring is 1. The number of nitrogens with two attached hydrogens (primary N) is 1. The van der Waals surface area contributed by atoms with Crippen molar-refractivity contribution in [1.29, 1.82) is 0 Å². The van der Waals surface area contributed by atoms with Crippen LogP contribution in [-0.2, 0) is 13.8 Å². The van der Waals surface area contributed by atoms with Gasteiger partial charge >= 0.3 is 13.9 Å². The Hall–Kier alpha value is -0.990. The first-order valence-electron chi connectivity index (χ1n) is 4.97. The Balaban J connectivity index is 2.00. The van der Waals surface area contributed by atoms with Gasteiger partial charge in [-0.2, -0.15) is 4.98 Å². The van der Waals surface area contributed by atoms with Crippen molar-refractivity contribution in [1.82, 2.24) is 9.55 Å². The van der Waals surface area contributed by atoms with E-state index in [-0.39, 0.29) is 17.9 Å². The second-order valence-corrected chi connectivity index (χ2v) is 5.36. The van der Waals surface area contributed by atoms with Crippen LogP contribution in [0.5, 0.6) is 0 Å². The van der Waals surface area contributed by atoms with Crippen LogP contribution >= 0.6 is 20.0 Å². The van der Waals surface area contributed by atoms with E-state index in [0.717, 1.165) is 0 Å². The molecule has 2 rings (SSSR count). The zero-order valence-electron chi connectivity index (χ0n) is 9.13. The molecule has 8 nitrogen and oxygen atoms in total. The highest BCUT2D eigenvalue weighted by Gasteiger charge is 2.30. The van der Waals surface area contributed by atoms with Gasteiger partial charge in [0.15, 0.2) is 0 Å². The van der Waals surface area contributed by atoms with Crippen molar-refractivity contribution in [2.24, 2.45) is 0 Å². The molecular formula is C8H11N3O5PS+. The molecule has 0 bridgehead atoms. The summed E-state index contributed by atoms with van der Waals surface area (Å²) in [6.45, 7) is -0.00990. The van der Waals surface area contributed by atoms with Crippen molar-refractivity contribution < 1.29 is 18.7 Å². The van der Waals surface area contributed by atoms with E-state index in [4.69, 9.17) is 15.4 Å². The zero-order valence-corrected chi connectivity index (χ0v) is 10.8. The van der Waals surface area contributed by atoms with E-state index in [9.17, 15) is 9.36 Å². The summed E-state index contributed by atoms with van der Waals surface area (Å²) in [5.74, 6) is 0.681. The van der Waals surface area contributed by atoms with Crippen LogP contribution in [0.15, 0.2) is 17.1 Å². The zero-order chi connectivity index (χ0) is 13.1. The summed E-state index contributed by atoms with van der Waals surface area (Å²) in [5, 5.41) is 0. The molecule has 0 amide bonds. The van der Waals surface area contributed by atoms with Gasteiger partial charge in [-0.25, -0.2) is 4.79 Å². The lowest BCUT2D eigenvalue weighted by atomic mass is 10.5. The van der Waals surface area contributed by atoms with E-state index in [1.54, 1.807) is 0 Å². The van der Waals surface area contributed by atoms with Crippen LogP contribution in [0.3, 0.4) is 0 Å². The Kier molecular flexibility index (Phi) is 4.31. The topological polar surface area (TPSA) is 117 Å². The average Bonchev–Trinajstić information content (AvgIpc) is 2.75. The predicted octanol–water partition coefficient (Wildman–Crippen LogP) is 0.0799. The molecule has 98 valence electrons. The maximum Gasteiger partial charge on any atom is 0.694 e. The minimum absolute atomic E-state index is 0.00990. The third kappa shape index (κ3) is 3.27. The molecule has 3 N–H and O–H groups in total. The van der Waals surface area contributed by atoms with Crippen LogP contribution in [0, 0.1) is 0 Å². The average molecular weight is 292 g/mol. The summed E-state index contributed by atoms with van der Waals surface area (Å²) in [6.07, 6.45) is 1.03. The van der Waals surface area contributed by atoms with Crippen molar-refractivity contribution >= 4 is 25.8 Å². The highest BCUT2D eigenvalue weighted by atomic mass is 32.2. The number of aromatic nitrogens is 2. The quantitative estimate of drug-likeness (QED) is 0.749. The van der Waals surface area contributed by atoms with Crippen LogP contribution < -0.4 is 11.4 Å². The van der Waals surface area contributed by atoms with Gasteiger partial charge in [0.2, 0.25) is 0 Å². The molecule has 0 spiro atoms. The lowest BCUT2D eigenvalue weighted by molar-refractivity contribution is -0.00235. The van der Waals surface area contributed by atoms with E-state index in [1.807, 2.05) is 0 Å². The lowest BCUT2D eigenvalue weighted by Gasteiger charge is -2.13. The Labute approximate surface area is 107 Å². The number of hydrogen-bond donors (Lipinski definition) is 2. The van der Waals surface area contributed by atoms with E-state index in [1.165, 1.54) is 28.6 Å². The maximum absolute atomic E-state index is 11.6. The second-order valence-electron chi connectivity index (χ2n) is 3.43. The smallest absolute Gasteiger partial charge is 0.383 e. The largest absolute Gasteiger partial charge is 0.694 e. The molecule has 10 heteroatoms. The maximum atomic E-state index is 11.6. The van der Waals surface area contributed by atoms with E-state index in [2.05, 4.69) is 9.51 Å². The number of hydrogen-bond acceptors (Lipinski definition) is 7. The molecule has 0 aromatic carbocycles. The van der Waals surface area contributed by atoms with Gasteiger partial charge in [-0.05, 0) is 6.07 Å². The predicted molar refractivity (Wildman–Crippen MR) is 65.1 cm³/mol. The molecule has 2 unspecified atom stereocenters. The molecule has 1 aromatic rings. The first-order valence-corrected chi connectivity index (χ1v) is 7.15. The van der Waals surface area contributed by atoms with Crippen molar-refractivity contribution in [2.75, 3.05) is 18.1 Å². The minimum Gasteiger partial charge on any atom is -0.383 e. The number of ether oxygens (including phenoxy) is 1.